The van der Waals surface area contributed by atoms with Crippen LogP contribution in [0.15, 0.2) is 42.5 Å². The first kappa shape index (κ1) is 12.9. The van der Waals surface area contributed by atoms with Crippen molar-refractivity contribution in [2.45, 2.75) is 0 Å². The van der Waals surface area contributed by atoms with E-state index in [1.54, 1.807) is 24.3 Å². The summed E-state index contributed by atoms with van der Waals surface area (Å²) in [6.07, 6.45) is 0. The largest absolute Gasteiger partial charge is 0.322 e. The Kier molecular flexibility index (Phi) is 3.84. The molecule has 0 saturated heterocycles. The lowest BCUT2D eigenvalue weighted by Gasteiger charge is -2.07. The number of benzene rings is 2. The van der Waals surface area contributed by atoms with Gasteiger partial charge in [-0.2, -0.15) is 0 Å². The van der Waals surface area contributed by atoms with Crippen molar-refractivity contribution in [3.05, 3.63) is 63.9 Å². The van der Waals surface area contributed by atoms with Gasteiger partial charge in [0.15, 0.2) is 5.82 Å². The van der Waals surface area contributed by atoms with E-state index in [9.17, 15) is 9.18 Å². The standard InChI is InChI=1S/C13H8Cl2FNO/c14-10-7-6-9(11(15)12(10)16)13(18)17-8-4-2-1-3-5-8/h1-7H,(H,17,18). The number of anilines is 1. The molecule has 0 unspecified atom stereocenters. The van der Waals surface area contributed by atoms with Crippen LogP contribution >= 0.6 is 23.2 Å². The zero-order chi connectivity index (χ0) is 13.1. The number of nitrogens with one attached hydrogen (secondary N) is 1. The van der Waals surface area contributed by atoms with Gasteiger partial charge in [-0.1, -0.05) is 41.4 Å². The minimum Gasteiger partial charge on any atom is -0.322 e. The first-order valence-corrected chi connectivity index (χ1v) is 5.85. The van der Waals surface area contributed by atoms with E-state index in [0.29, 0.717) is 5.69 Å². The second kappa shape index (κ2) is 5.38. The van der Waals surface area contributed by atoms with Crippen LogP contribution in [0.3, 0.4) is 0 Å². The Balaban J connectivity index is 2.28. The van der Waals surface area contributed by atoms with Gasteiger partial charge in [0, 0.05) is 5.69 Å². The van der Waals surface area contributed by atoms with Crippen LogP contribution in [0.2, 0.25) is 10.0 Å². The Morgan fingerprint density at radius 2 is 1.72 bits per heavy atom. The van der Waals surface area contributed by atoms with Crippen molar-refractivity contribution in [1.82, 2.24) is 0 Å². The molecular weight excluding hydrogens is 276 g/mol. The molecule has 0 aliphatic heterocycles. The van der Waals surface area contributed by atoms with Crippen molar-refractivity contribution < 1.29 is 9.18 Å². The van der Waals surface area contributed by atoms with Gasteiger partial charge in [0.1, 0.15) is 0 Å². The highest BCUT2D eigenvalue weighted by atomic mass is 35.5. The highest BCUT2D eigenvalue weighted by Crippen LogP contribution is 2.26. The fourth-order valence-electron chi connectivity index (χ4n) is 1.42. The van der Waals surface area contributed by atoms with Crippen LogP contribution in [0, 0.1) is 5.82 Å². The van der Waals surface area contributed by atoms with Crippen LogP contribution in [-0.2, 0) is 0 Å². The smallest absolute Gasteiger partial charge is 0.257 e. The lowest BCUT2D eigenvalue weighted by Crippen LogP contribution is -2.12. The van der Waals surface area contributed by atoms with Gasteiger partial charge >= 0.3 is 0 Å². The van der Waals surface area contributed by atoms with Crippen molar-refractivity contribution in [2.75, 3.05) is 5.32 Å². The van der Waals surface area contributed by atoms with Gasteiger partial charge < -0.3 is 5.32 Å². The summed E-state index contributed by atoms with van der Waals surface area (Å²) in [6, 6.07) is 11.5. The van der Waals surface area contributed by atoms with Gasteiger partial charge in [-0.25, -0.2) is 4.39 Å². The van der Waals surface area contributed by atoms with Gasteiger partial charge in [0.25, 0.3) is 5.91 Å². The molecule has 18 heavy (non-hydrogen) atoms. The molecule has 2 aromatic carbocycles. The Labute approximate surface area is 113 Å². The topological polar surface area (TPSA) is 29.1 Å². The fourth-order valence-corrected chi connectivity index (χ4v) is 1.88. The van der Waals surface area contributed by atoms with Gasteiger partial charge in [-0.15, -0.1) is 0 Å². The molecule has 0 bridgehead atoms. The summed E-state index contributed by atoms with van der Waals surface area (Å²) in [4.78, 5) is 11.9. The maximum atomic E-state index is 13.4. The van der Waals surface area contributed by atoms with Gasteiger partial charge in [0.05, 0.1) is 15.6 Å². The predicted octanol–water partition coefficient (Wildman–Crippen LogP) is 4.38. The average Bonchev–Trinajstić information content (AvgIpc) is 2.37. The molecule has 0 heterocycles. The number of rotatable bonds is 2. The fraction of sp³-hybridized carbons (Fsp3) is 0. The highest BCUT2D eigenvalue weighted by molar-refractivity contribution is 6.37. The first-order chi connectivity index (χ1) is 8.59. The maximum absolute atomic E-state index is 13.4. The molecule has 0 aromatic heterocycles. The van der Waals surface area contributed by atoms with E-state index in [0.717, 1.165) is 0 Å². The summed E-state index contributed by atoms with van der Waals surface area (Å²) >= 11 is 11.3. The number of hydrogen-bond acceptors (Lipinski definition) is 1. The third-order valence-electron chi connectivity index (χ3n) is 2.31. The maximum Gasteiger partial charge on any atom is 0.257 e. The molecule has 0 saturated carbocycles. The minimum atomic E-state index is -0.793. The van der Waals surface area contributed by atoms with Crippen molar-refractivity contribution in [1.29, 1.82) is 0 Å². The summed E-state index contributed by atoms with van der Waals surface area (Å²) in [5.74, 6) is -1.28. The van der Waals surface area contributed by atoms with Crippen molar-refractivity contribution in [2.24, 2.45) is 0 Å². The van der Waals surface area contributed by atoms with Crippen LogP contribution in [-0.4, -0.2) is 5.91 Å². The van der Waals surface area contributed by atoms with Crippen LogP contribution in [0.4, 0.5) is 10.1 Å². The third kappa shape index (κ3) is 2.63. The zero-order valence-corrected chi connectivity index (χ0v) is 10.6. The lowest BCUT2D eigenvalue weighted by atomic mass is 10.2. The van der Waals surface area contributed by atoms with E-state index in [-0.39, 0.29) is 15.6 Å². The summed E-state index contributed by atoms with van der Waals surface area (Å²) in [5.41, 5.74) is 0.649. The Morgan fingerprint density at radius 3 is 2.39 bits per heavy atom. The summed E-state index contributed by atoms with van der Waals surface area (Å²) in [6.45, 7) is 0. The Hall–Kier alpha value is -1.58. The molecule has 0 radical (unpaired) electrons. The molecule has 0 aliphatic carbocycles. The minimum absolute atomic E-state index is 0.0439. The number of para-hydroxylation sites is 1. The molecule has 0 fully saturated rings. The molecule has 2 rings (SSSR count). The number of carbonyl (C=O) groups is 1. The molecule has 0 spiro atoms. The van der Waals surface area contributed by atoms with E-state index in [1.165, 1.54) is 12.1 Å². The third-order valence-corrected chi connectivity index (χ3v) is 2.97. The van der Waals surface area contributed by atoms with E-state index < -0.39 is 11.7 Å². The molecule has 0 atom stereocenters. The molecule has 2 aromatic rings. The summed E-state index contributed by atoms with van der Waals surface area (Å²) in [5, 5.41) is 2.22. The average molecular weight is 284 g/mol. The predicted molar refractivity (Wildman–Crippen MR) is 70.8 cm³/mol. The monoisotopic (exact) mass is 283 g/mol. The molecule has 0 aliphatic rings. The van der Waals surface area contributed by atoms with E-state index >= 15 is 0 Å². The van der Waals surface area contributed by atoms with Gasteiger partial charge in [-0.3, -0.25) is 4.79 Å². The van der Waals surface area contributed by atoms with Crippen LogP contribution in [0.1, 0.15) is 10.4 Å². The highest BCUT2D eigenvalue weighted by Gasteiger charge is 2.16. The molecule has 1 amide bonds. The van der Waals surface area contributed by atoms with Crippen LogP contribution in [0.5, 0.6) is 0 Å². The van der Waals surface area contributed by atoms with Crippen molar-refractivity contribution >= 4 is 34.8 Å². The van der Waals surface area contributed by atoms with Gasteiger partial charge in [-0.05, 0) is 24.3 Å². The number of halogens is 3. The first-order valence-electron chi connectivity index (χ1n) is 5.09. The summed E-state index contributed by atoms with van der Waals surface area (Å²) in [7, 11) is 0. The van der Waals surface area contributed by atoms with E-state index in [4.69, 9.17) is 23.2 Å². The summed E-state index contributed by atoms with van der Waals surface area (Å²) < 4.78 is 13.4. The molecule has 1 N–H and O–H groups in total. The molecule has 2 nitrogen and oxygen atoms in total. The van der Waals surface area contributed by atoms with Crippen LogP contribution < -0.4 is 5.32 Å². The van der Waals surface area contributed by atoms with E-state index in [1.807, 2.05) is 6.07 Å². The number of carbonyl (C=O) groups excluding carboxylic acids is 1. The molecular formula is C13H8Cl2FNO. The van der Waals surface area contributed by atoms with E-state index in [2.05, 4.69) is 5.32 Å². The second-order valence-corrected chi connectivity index (χ2v) is 4.33. The number of hydrogen-bond donors (Lipinski definition) is 1. The normalized spacial score (nSPS) is 10.2. The molecule has 5 heteroatoms. The van der Waals surface area contributed by atoms with Crippen LogP contribution in [0.25, 0.3) is 0 Å². The number of amides is 1. The zero-order valence-electron chi connectivity index (χ0n) is 9.08. The lowest BCUT2D eigenvalue weighted by molar-refractivity contribution is 0.102. The quantitative estimate of drug-likeness (QED) is 0.814. The van der Waals surface area contributed by atoms with Gasteiger partial charge in [0.2, 0.25) is 0 Å². The second-order valence-electron chi connectivity index (χ2n) is 3.54. The Morgan fingerprint density at radius 1 is 1.06 bits per heavy atom. The molecule has 92 valence electrons. The van der Waals surface area contributed by atoms with Crippen molar-refractivity contribution in [3.8, 4) is 0 Å². The van der Waals surface area contributed by atoms with Crippen molar-refractivity contribution in [3.63, 3.8) is 0 Å². The SMILES string of the molecule is O=C(Nc1ccccc1)c1ccc(Cl)c(F)c1Cl. The Bertz CT molecular complexity index is 587.